The van der Waals surface area contributed by atoms with Crippen molar-refractivity contribution in [1.82, 2.24) is 10.3 Å². The quantitative estimate of drug-likeness (QED) is 0.463. The summed E-state index contributed by atoms with van der Waals surface area (Å²) in [7, 11) is 0. The monoisotopic (exact) mass is 378 g/mol. The van der Waals surface area contributed by atoms with E-state index in [4.69, 9.17) is 4.74 Å². The summed E-state index contributed by atoms with van der Waals surface area (Å²) in [6.07, 6.45) is 3.51. The van der Waals surface area contributed by atoms with E-state index in [2.05, 4.69) is 41.5 Å². The predicted molar refractivity (Wildman–Crippen MR) is 109 cm³/mol. The van der Waals surface area contributed by atoms with Crippen molar-refractivity contribution >= 4 is 17.7 Å². The lowest BCUT2D eigenvalue weighted by Crippen LogP contribution is -2.25. The molecule has 0 aliphatic carbocycles. The molecule has 27 heavy (non-hydrogen) atoms. The lowest BCUT2D eigenvalue weighted by Gasteiger charge is -2.08. The molecule has 0 fully saturated rings. The summed E-state index contributed by atoms with van der Waals surface area (Å²) in [5.74, 6) is 1.49. The number of nitrogens with one attached hydrogen (secondary N) is 1. The van der Waals surface area contributed by atoms with E-state index in [1.807, 2.05) is 24.3 Å². The van der Waals surface area contributed by atoms with Crippen LogP contribution in [0.5, 0.6) is 5.75 Å². The maximum Gasteiger partial charge on any atom is 0.251 e. The Balaban J connectivity index is 1.41. The summed E-state index contributed by atoms with van der Waals surface area (Å²) in [4.78, 5) is 17.5. The molecule has 2 aromatic carbocycles. The highest BCUT2D eigenvalue weighted by Crippen LogP contribution is 2.18. The van der Waals surface area contributed by atoms with Gasteiger partial charge in [-0.15, -0.1) is 11.8 Å². The van der Waals surface area contributed by atoms with Crippen LogP contribution in [0.1, 0.15) is 21.5 Å². The van der Waals surface area contributed by atoms with Crippen LogP contribution in [0.25, 0.3) is 0 Å². The number of pyridine rings is 1. The molecule has 0 aliphatic heterocycles. The van der Waals surface area contributed by atoms with Gasteiger partial charge in [0.1, 0.15) is 12.4 Å². The average Bonchev–Trinajstić information content (AvgIpc) is 2.72. The molecule has 1 N–H and O–H groups in total. The number of hydrogen-bond acceptors (Lipinski definition) is 4. The first-order chi connectivity index (χ1) is 13.2. The van der Waals surface area contributed by atoms with Gasteiger partial charge in [0.25, 0.3) is 5.91 Å². The molecule has 1 amide bonds. The summed E-state index contributed by atoms with van der Waals surface area (Å²) in [6, 6.07) is 19.4. The number of rotatable bonds is 8. The lowest BCUT2D eigenvalue weighted by atomic mass is 10.2. The fraction of sp³-hybridized carbons (Fsp3) is 0.182. The third-order valence-electron chi connectivity index (χ3n) is 3.92. The Hall–Kier alpha value is -2.79. The SMILES string of the molecule is Cc1ccc(SCCNC(=O)c2ccc(OCc3cccnc3)cc2)cc1. The van der Waals surface area contributed by atoms with Gasteiger partial charge in [0.2, 0.25) is 0 Å². The first-order valence-electron chi connectivity index (χ1n) is 8.80. The van der Waals surface area contributed by atoms with Gasteiger partial charge in [-0.2, -0.15) is 0 Å². The normalized spacial score (nSPS) is 10.4. The molecule has 0 saturated heterocycles. The van der Waals surface area contributed by atoms with E-state index in [9.17, 15) is 4.79 Å². The number of ether oxygens (including phenoxy) is 1. The lowest BCUT2D eigenvalue weighted by molar-refractivity contribution is 0.0956. The Morgan fingerprint density at radius 2 is 1.85 bits per heavy atom. The number of nitrogens with zero attached hydrogens (tertiary/aromatic N) is 1. The van der Waals surface area contributed by atoms with E-state index >= 15 is 0 Å². The molecule has 0 spiro atoms. The van der Waals surface area contributed by atoms with Crippen molar-refractivity contribution in [3.8, 4) is 5.75 Å². The van der Waals surface area contributed by atoms with Gasteiger partial charge in [-0.3, -0.25) is 9.78 Å². The number of thioether (sulfide) groups is 1. The van der Waals surface area contributed by atoms with Crippen molar-refractivity contribution in [2.75, 3.05) is 12.3 Å². The number of aromatic nitrogens is 1. The smallest absolute Gasteiger partial charge is 0.251 e. The van der Waals surface area contributed by atoms with Crippen LogP contribution < -0.4 is 10.1 Å². The maximum atomic E-state index is 12.2. The summed E-state index contributed by atoms with van der Waals surface area (Å²) < 4.78 is 5.71. The van der Waals surface area contributed by atoms with Crippen LogP contribution in [0.15, 0.2) is 78.0 Å². The average molecular weight is 378 g/mol. The minimum atomic E-state index is -0.0710. The summed E-state index contributed by atoms with van der Waals surface area (Å²) in [5, 5.41) is 2.95. The van der Waals surface area contributed by atoms with Gasteiger partial charge in [-0.25, -0.2) is 0 Å². The third-order valence-corrected chi connectivity index (χ3v) is 4.94. The largest absolute Gasteiger partial charge is 0.489 e. The van der Waals surface area contributed by atoms with Crippen LogP contribution in [0.2, 0.25) is 0 Å². The molecule has 0 unspecified atom stereocenters. The van der Waals surface area contributed by atoms with E-state index in [0.717, 1.165) is 17.1 Å². The van der Waals surface area contributed by atoms with E-state index in [1.54, 1.807) is 36.3 Å². The Kier molecular flexibility index (Phi) is 6.88. The van der Waals surface area contributed by atoms with Crippen molar-refractivity contribution < 1.29 is 9.53 Å². The predicted octanol–water partition coefficient (Wildman–Crippen LogP) is 4.49. The van der Waals surface area contributed by atoms with Crippen LogP contribution in [-0.2, 0) is 6.61 Å². The molecule has 138 valence electrons. The van der Waals surface area contributed by atoms with Gasteiger partial charge in [0.05, 0.1) is 0 Å². The number of amides is 1. The van der Waals surface area contributed by atoms with Gasteiger partial charge < -0.3 is 10.1 Å². The molecule has 5 heteroatoms. The number of aryl methyl sites for hydroxylation is 1. The Labute approximate surface area is 164 Å². The highest BCUT2D eigenvalue weighted by molar-refractivity contribution is 7.99. The van der Waals surface area contributed by atoms with Crippen molar-refractivity contribution in [3.63, 3.8) is 0 Å². The summed E-state index contributed by atoms with van der Waals surface area (Å²) >= 11 is 1.73. The molecule has 3 aromatic rings. The van der Waals surface area contributed by atoms with E-state index in [-0.39, 0.29) is 5.91 Å². The number of carbonyl (C=O) groups excluding carboxylic acids is 1. The molecule has 0 radical (unpaired) electrons. The summed E-state index contributed by atoms with van der Waals surface area (Å²) in [6.45, 7) is 3.15. The minimum absolute atomic E-state index is 0.0710. The highest BCUT2D eigenvalue weighted by atomic mass is 32.2. The standard InChI is InChI=1S/C22H22N2O2S/c1-17-4-10-21(11-5-17)27-14-13-24-22(25)19-6-8-20(9-7-19)26-16-18-3-2-12-23-15-18/h2-12,15H,13-14,16H2,1H3,(H,24,25). The number of carbonyl (C=O) groups is 1. The van der Waals surface area contributed by atoms with Crippen molar-refractivity contribution in [2.24, 2.45) is 0 Å². The van der Waals surface area contributed by atoms with Gasteiger partial charge >= 0.3 is 0 Å². The van der Waals surface area contributed by atoms with Gasteiger partial charge in [0, 0.05) is 40.7 Å². The van der Waals surface area contributed by atoms with Gasteiger partial charge in [0.15, 0.2) is 0 Å². The van der Waals surface area contributed by atoms with Gasteiger partial charge in [-0.1, -0.05) is 23.8 Å². The van der Waals surface area contributed by atoms with Crippen LogP contribution in [0.3, 0.4) is 0 Å². The zero-order chi connectivity index (χ0) is 18.9. The molecule has 0 bridgehead atoms. The van der Waals surface area contributed by atoms with E-state index < -0.39 is 0 Å². The second-order valence-electron chi connectivity index (χ2n) is 6.09. The molecule has 3 rings (SSSR count). The van der Waals surface area contributed by atoms with Crippen molar-refractivity contribution in [3.05, 3.63) is 89.7 Å². The zero-order valence-corrected chi connectivity index (χ0v) is 16.0. The molecule has 0 aliphatic rings. The first-order valence-corrected chi connectivity index (χ1v) is 9.79. The highest BCUT2D eigenvalue weighted by Gasteiger charge is 2.05. The molecule has 1 heterocycles. The van der Waals surface area contributed by atoms with Gasteiger partial charge in [-0.05, 0) is 49.4 Å². The second-order valence-corrected chi connectivity index (χ2v) is 7.26. The molecule has 0 atom stereocenters. The maximum absolute atomic E-state index is 12.2. The topological polar surface area (TPSA) is 51.2 Å². The Morgan fingerprint density at radius 3 is 2.56 bits per heavy atom. The fourth-order valence-corrected chi connectivity index (χ4v) is 3.19. The molecule has 1 aromatic heterocycles. The summed E-state index contributed by atoms with van der Waals surface area (Å²) in [5.41, 5.74) is 2.88. The molecular formula is C22H22N2O2S. The van der Waals surface area contributed by atoms with Crippen LogP contribution in [-0.4, -0.2) is 23.2 Å². The van der Waals surface area contributed by atoms with Crippen LogP contribution in [0.4, 0.5) is 0 Å². The van der Waals surface area contributed by atoms with Crippen molar-refractivity contribution in [1.29, 1.82) is 0 Å². The van der Waals surface area contributed by atoms with Crippen molar-refractivity contribution in [2.45, 2.75) is 18.4 Å². The molecule has 0 saturated carbocycles. The van der Waals surface area contributed by atoms with E-state index in [1.165, 1.54) is 10.5 Å². The van der Waals surface area contributed by atoms with E-state index in [0.29, 0.717) is 18.7 Å². The third kappa shape index (κ3) is 6.15. The first kappa shape index (κ1) is 19.0. The molecule has 4 nitrogen and oxygen atoms in total. The zero-order valence-electron chi connectivity index (χ0n) is 15.2. The second kappa shape index (κ2) is 9.78. The fourth-order valence-electron chi connectivity index (χ4n) is 2.42. The molecular weight excluding hydrogens is 356 g/mol. The Morgan fingerprint density at radius 1 is 1.07 bits per heavy atom. The van der Waals surface area contributed by atoms with Crippen LogP contribution >= 0.6 is 11.8 Å². The van der Waals surface area contributed by atoms with Crippen LogP contribution in [0, 0.1) is 6.92 Å². The number of benzene rings is 2. The Bertz CT molecular complexity index is 850. The minimum Gasteiger partial charge on any atom is -0.489 e. The number of hydrogen-bond donors (Lipinski definition) is 1.